The first kappa shape index (κ1) is 10.7. The third-order valence-corrected chi connectivity index (χ3v) is 3.58. The summed E-state index contributed by atoms with van der Waals surface area (Å²) in [5.41, 5.74) is 1.22. The average Bonchev–Trinajstić information content (AvgIpc) is 2.14. The van der Waals surface area contributed by atoms with Crippen molar-refractivity contribution in [3.8, 4) is 0 Å². The van der Waals surface area contributed by atoms with Crippen LogP contribution in [0.4, 0.5) is 0 Å². The van der Waals surface area contributed by atoms with Gasteiger partial charge in [0.1, 0.15) is 6.29 Å². The van der Waals surface area contributed by atoms with Crippen molar-refractivity contribution in [1.29, 1.82) is 0 Å². The number of hydrogen-bond donors (Lipinski definition) is 0. The van der Waals surface area contributed by atoms with Gasteiger partial charge in [-0.15, -0.1) is 0 Å². The molecular formula is C13H15ClO. The molecule has 1 aromatic carbocycles. The van der Waals surface area contributed by atoms with Gasteiger partial charge in [0.2, 0.25) is 0 Å². The maximum absolute atomic E-state index is 10.7. The molecule has 2 heteroatoms. The fourth-order valence-corrected chi connectivity index (χ4v) is 2.48. The summed E-state index contributed by atoms with van der Waals surface area (Å²) in [5, 5.41) is 0.766. The minimum atomic E-state index is 0.384. The SMILES string of the molecule is O=CCC(c1cccc(Cl)c1)C1CCC1. The van der Waals surface area contributed by atoms with Gasteiger partial charge in [-0.05, 0) is 42.4 Å². The third-order valence-electron chi connectivity index (χ3n) is 3.35. The van der Waals surface area contributed by atoms with Gasteiger partial charge in [0, 0.05) is 11.4 Å². The van der Waals surface area contributed by atoms with E-state index >= 15 is 0 Å². The molecule has 0 aliphatic heterocycles. The van der Waals surface area contributed by atoms with Gasteiger partial charge in [0.05, 0.1) is 0 Å². The molecule has 0 radical (unpaired) electrons. The van der Waals surface area contributed by atoms with Crippen LogP contribution in [0.5, 0.6) is 0 Å². The van der Waals surface area contributed by atoms with Crippen molar-refractivity contribution < 1.29 is 4.79 Å². The topological polar surface area (TPSA) is 17.1 Å². The van der Waals surface area contributed by atoms with Crippen molar-refractivity contribution in [1.82, 2.24) is 0 Å². The van der Waals surface area contributed by atoms with Crippen LogP contribution in [0.2, 0.25) is 5.02 Å². The van der Waals surface area contributed by atoms with Crippen LogP contribution in [0.25, 0.3) is 0 Å². The van der Waals surface area contributed by atoms with Gasteiger partial charge < -0.3 is 4.79 Å². The highest BCUT2D eigenvalue weighted by atomic mass is 35.5. The standard InChI is InChI=1S/C13H15ClO/c14-12-6-2-5-11(9-12)13(7-8-15)10-3-1-4-10/h2,5-6,8-10,13H,1,3-4,7H2. The second-order valence-electron chi connectivity index (χ2n) is 4.25. The largest absolute Gasteiger partial charge is 0.303 e. The summed E-state index contributed by atoms with van der Waals surface area (Å²) in [5.74, 6) is 1.07. The third kappa shape index (κ3) is 2.40. The van der Waals surface area contributed by atoms with E-state index in [4.69, 9.17) is 11.6 Å². The summed E-state index contributed by atoms with van der Waals surface area (Å²) < 4.78 is 0. The molecule has 0 amide bonds. The lowest BCUT2D eigenvalue weighted by atomic mass is 9.72. The maximum Gasteiger partial charge on any atom is 0.120 e. The Hall–Kier alpha value is -0.820. The van der Waals surface area contributed by atoms with Gasteiger partial charge in [-0.1, -0.05) is 30.2 Å². The van der Waals surface area contributed by atoms with Gasteiger partial charge in [-0.2, -0.15) is 0 Å². The highest BCUT2D eigenvalue weighted by molar-refractivity contribution is 6.30. The lowest BCUT2D eigenvalue weighted by Gasteiger charge is -2.33. The van der Waals surface area contributed by atoms with Crippen LogP contribution in [0, 0.1) is 5.92 Å². The number of carbonyl (C=O) groups is 1. The fraction of sp³-hybridized carbons (Fsp3) is 0.462. The molecule has 1 aliphatic carbocycles. The molecule has 80 valence electrons. The Labute approximate surface area is 95.4 Å². The van der Waals surface area contributed by atoms with Crippen molar-refractivity contribution in [2.45, 2.75) is 31.6 Å². The minimum absolute atomic E-state index is 0.384. The number of hydrogen-bond acceptors (Lipinski definition) is 1. The smallest absolute Gasteiger partial charge is 0.120 e. The molecule has 0 aromatic heterocycles. The molecule has 0 saturated heterocycles. The second-order valence-corrected chi connectivity index (χ2v) is 4.69. The molecular weight excluding hydrogens is 208 g/mol. The predicted octanol–water partition coefficient (Wildman–Crippen LogP) is 3.81. The Kier molecular flexibility index (Phi) is 3.42. The van der Waals surface area contributed by atoms with E-state index in [0.717, 1.165) is 11.3 Å². The van der Waals surface area contributed by atoms with E-state index in [2.05, 4.69) is 6.07 Å². The zero-order chi connectivity index (χ0) is 10.7. The quantitative estimate of drug-likeness (QED) is 0.708. The average molecular weight is 223 g/mol. The first-order chi connectivity index (χ1) is 7.31. The van der Waals surface area contributed by atoms with Gasteiger partial charge in [-0.25, -0.2) is 0 Å². The Morgan fingerprint density at radius 2 is 2.27 bits per heavy atom. The summed E-state index contributed by atoms with van der Waals surface area (Å²) in [6.07, 6.45) is 5.48. The first-order valence-electron chi connectivity index (χ1n) is 5.50. The minimum Gasteiger partial charge on any atom is -0.303 e. The lowest BCUT2D eigenvalue weighted by Crippen LogP contribution is -2.20. The Bertz CT molecular complexity index is 344. The Morgan fingerprint density at radius 1 is 1.47 bits per heavy atom. The molecule has 1 nitrogen and oxygen atoms in total. The van der Waals surface area contributed by atoms with E-state index < -0.39 is 0 Å². The number of benzene rings is 1. The molecule has 1 unspecified atom stereocenters. The van der Waals surface area contributed by atoms with E-state index in [-0.39, 0.29) is 0 Å². The maximum atomic E-state index is 10.7. The number of aldehydes is 1. The van der Waals surface area contributed by atoms with Crippen LogP contribution >= 0.6 is 11.6 Å². The number of carbonyl (C=O) groups excluding carboxylic acids is 1. The molecule has 0 N–H and O–H groups in total. The molecule has 1 aliphatic rings. The van der Waals surface area contributed by atoms with Crippen LogP contribution in [0.3, 0.4) is 0 Å². The van der Waals surface area contributed by atoms with Gasteiger partial charge in [-0.3, -0.25) is 0 Å². The summed E-state index contributed by atoms with van der Waals surface area (Å²) in [6, 6.07) is 7.92. The van der Waals surface area contributed by atoms with E-state index in [9.17, 15) is 4.79 Å². The monoisotopic (exact) mass is 222 g/mol. The molecule has 1 atom stereocenters. The highest BCUT2D eigenvalue weighted by Gasteiger charge is 2.28. The van der Waals surface area contributed by atoms with Crippen molar-refractivity contribution in [2.24, 2.45) is 5.92 Å². The summed E-state index contributed by atoms with van der Waals surface area (Å²) in [4.78, 5) is 10.7. The number of rotatable bonds is 4. The zero-order valence-electron chi connectivity index (χ0n) is 8.66. The Balaban J connectivity index is 2.19. The van der Waals surface area contributed by atoms with Gasteiger partial charge >= 0.3 is 0 Å². The van der Waals surface area contributed by atoms with E-state index in [0.29, 0.717) is 18.3 Å². The molecule has 2 rings (SSSR count). The van der Waals surface area contributed by atoms with Crippen molar-refractivity contribution >= 4 is 17.9 Å². The summed E-state index contributed by atoms with van der Waals surface area (Å²) in [7, 11) is 0. The Morgan fingerprint density at radius 3 is 2.80 bits per heavy atom. The molecule has 1 saturated carbocycles. The van der Waals surface area contributed by atoms with Crippen molar-refractivity contribution in [3.63, 3.8) is 0 Å². The van der Waals surface area contributed by atoms with Gasteiger partial charge in [0.15, 0.2) is 0 Å². The lowest BCUT2D eigenvalue weighted by molar-refractivity contribution is -0.108. The summed E-state index contributed by atoms with van der Waals surface area (Å²) in [6.45, 7) is 0. The van der Waals surface area contributed by atoms with E-state index in [1.54, 1.807) is 0 Å². The van der Waals surface area contributed by atoms with Crippen LogP contribution < -0.4 is 0 Å². The number of halogens is 1. The van der Waals surface area contributed by atoms with E-state index in [1.165, 1.54) is 24.8 Å². The van der Waals surface area contributed by atoms with Crippen LogP contribution in [0.15, 0.2) is 24.3 Å². The first-order valence-corrected chi connectivity index (χ1v) is 5.88. The normalized spacial score (nSPS) is 18.2. The summed E-state index contributed by atoms with van der Waals surface area (Å²) >= 11 is 5.97. The highest BCUT2D eigenvalue weighted by Crippen LogP contribution is 2.41. The molecule has 1 fully saturated rings. The van der Waals surface area contributed by atoms with Crippen LogP contribution in [-0.2, 0) is 4.79 Å². The van der Waals surface area contributed by atoms with Crippen LogP contribution in [0.1, 0.15) is 37.2 Å². The van der Waals surface area contributed by atoms with Crippen molar-refractivity contribution in [3.05, 3.63) is 34.9 Å². The van der Waals surface area contributed by atoms with Crippen LogP contribution in [-0.4, -0.2) is 6.29 Å². The molecule has 1 aromatic rings. The molecule has 0 bridgehead atoms. The van der Waals surface area contributed by atoms with Gasteiger partial charge in [0.25, 0.3) is 0 Å². The zero-order valence-corrected chi connectivity index (χ0v) is 9.41. The fourth-order valence-electron chi connectivity index (χ4n) is 2.28. The molecule has 0 spiro atoms. The van der Waals surface area contributed by atoms with Crippen molar-refractivity contribution in [2.75, 3.05) is 0 Å². The predicted molar refractivity (Wildman–Crippen MR) is 62.2 cm³/mol. The second kappa shape index (κ2) is 4.80. The van der Waals surface area contributed by atoms with E-state index in [1.807, 2.05) is 18.2 Å². The molecule has 0 heterocycles. The molecule has 15 heavy (non-hydrogen) atoms.